The zero-order valence-corrected chi connectivity index (χ0v) is 19.0. The van der Waals surface area contributed by atoms with E-state index in [9.17, 15) is 39.9 Å². The highest BCUT2D eigenvalue weighted by Crippen LogP contribution is 2.56. The number of Topliss-reactive ketones (excluding diaryl/α,β-unsaturated/α-hetero) is 2. The van der Waals surface area contributed by atoms with Crippen LogP contribution in [0.3, 0.4) is 0 Å². The molecule has 0 bridgehead atoms. The number of halogens is 2. The number of fused-ring (bicyclic) bond motifs is 3. The maximum atomic E-state index is 13.6. The monoisotopic (exact) mass is 500 g/mol. The van der Waals surface area contributed by atoms with Gasteiger partial charge in [-0.15, -0.1) is 12.4 Å². The number of rotatable bonds is 2. The van der Waals surface area contributed by atoms with Crippen LogP contribution in [-0.4, -0.2) is 73.6 Å². The minimum Gasteiger partial charge on any atom is -0.508 e. The number of ketones is 2. The number of nitrogens with two attached hydrogens (primary N) is 1. The Labute approximate surface area is 199 Å². The summed E-state index contributed by atoms with van der Waals surface area (Å²) in [5, 5.41) is 54.4. The topological polar surface area (TPSA) is 182 Å². The number of likely N-dealkylation sites (N-methyl/N-ethyl adjacent to an activating group) is 1. The molecule has 3 aliphatic rings. The SMILES string of the molecule is CN(C)C1C(=O)C(C(N)=O)=C(O)[C@@]2(O)C(=O)C3=C(O)c4c(O)ccc(Cl)c4C(O)C3CC12.Cl. The Hall–Kier alpha value is -2.63. The molecule has 12 heteroatoms. The first-order valence-electron chi connectivity index (χ1n) is 9.69. The lowest BCUT2D eigenvalue weighted by Gasteiger charge is -2.51. The van der Waals surface area contributed by atoms with Gasteiger partial charge in [0.15, 0.2) is 11.4 Å². The molecule has 5 atom stereocenters. The first kappa shape index (κ1) is 25.0. The summed E-state index contributed by atoms with van der Waals surface area (Å²) in [5.74, 6) is -8.19. The van der Waals surface area contributed by atoms with E-state index in [4.69, 9.17) is 17.3 Å². The van der Waals surface area contributed by atoms with Gasteiger partial charge in [0.2, 0.25) is 5.78 Å². The van der Waals surface area contributed by atoms with Crippen LogP contribution in [0.1, 0.15) is 23.7 Å². The quantitative estimate of drug-likeness (QED) is 0.315. The number of amides is 1. The Bertz CT molecular complexity index is 1160. The lowest BCUT2D eigenvalue weighted by molar-refractivity contribution is -0.155. The number of aromatic hydroxyl groups is 1. The van der Waals surface area contributed by atoms with Crippen molar-refractivity contribution in [1.82, 2.24) is 4.90 Å². The second-order valence-electron chi connectivity index (χ2n) is 8.47. The van der Waals surface area contributed by atoms with Crippen LogP contribution in [0.2, 0.25) is 5.02 Å². The van der Waals surface area contributed by atoms with E-state index in [-0.39, 0.29) is 35.0 Å². The molecule has 0 aromatic heterocycles. The van der Waals surface area contributed by atoms with Crippen molar-refractivity contribution >= 4 is 47.2 Å². The molecule has 33 heavy (non-hydrogen) atoms. The molecule has 0 aliphatic heterocycles. The van der Waals surface area contributed by atoms with Crippen molar-refractivity contribution in [3.8, 4) is 5.75 Å². The van der Waals surface area contributed by atoms with Crippen molar-refractivity contribution in [1.29, 1.82) is 0 Å². The van der Waals surface area contributed by atoms with E-state index in [1.54, 1.807) is 0 Å². The lowest BCUT2D eigenvalue weighted by Crippen LogP contribution is -2.66. The van der Waals surface area contributed by atoms with Crippen molar-refractivity contribution < 1.29 is 39.9 Å². The third-order valence-corrected chi connectivity index (χ3v) is 6.97. The molecule has 1 aromatic carbocycles. The first-order valence-corrected chi connectivity index (χ1v) is 10.1. The molecule has 178 valence electrons. The number of carbonyl (C=O) groups excluding carboxylic acids is 3. The fraction of sp³-hybridized carbons (Fsp3) is 0.381. The summed E-state index contributed by atoms with van der Waals surface area (Å²) in [7, 11) is 2.97. The Balaban J connectivity index is 0.00000306. The van der Waals surface area contributed by atoms with Crippen LogP contribution in [-0.2, 0) is 14.4 Å². The molecule has 1 amide bonds. The summed E-state index contributed by atoms with van der Waals surface area (Å²) in [4.78, 5) is 39.8. The maximum absolute atomic E-state index is 13.6. The van der Waals surface area contributed by atoms with Crippen molar-refractivity contribution in [2.24, 2.45) is 17.6 Å². The van der Waals surface area contributed by atoms with Gasteiger partial charge in [-0.05, 0) is 32.6 Å². The van der Waals surface area contributed by atoms with Crippen molar-refractivity contribution in [3.63, 3.8) is 0 Å². The predicted octanol–water partition coefficient (Wildman–Crippen LogP) is 0.530. The molecule has 0 saturated heterocycles. The highest BCUT2D eigenvalue weighted by Gasteiger charge is 2.65. The molecule has 4 rings (SSSR count). The molecular weight excluding hydrogens is 479 g/mol. The zero-order valence-electron chi connectivity index (χ0n) is 17.4. The van der Waals surface area contributed by atoms with Gasteiger partial charge in [0, 0.05) is 28.0 Å². The van der Waals surface area contributed by atoms with Crippen LogP contribution in [0.15, 0.2) is 29.0 Å². The molecule has 0 radical (unpaired) electrons. The number of phenols is 1. The van der Waals surface area contributed by atoms with Gasteiger partial charge in [-0.25, -0.2) is 0 Å². The van der Waals surface area contributed by atoms with Crippen molar-refractivity contribution in [2.75, 3.05) is 14.1 Å². The molecule has 10 nitrogen and oxygen atoms in total. The standard InChI is InChI=1S/C21H21ClN2O8.ClH/c1-24(2)14-7-5-6-10(16(27)12-9(25)4-3-8(22)11(12)15(6)26)18(29)21(7,32)19(30)13(17(14)28)20(23)31;/h3-4,6-7,14-15,25-27,30,32H,5H2,1-2H3,(H2,23,31);1H/t6?,7?,14?,15?,21-;/m0./s1. The predicted molar refractivity (Wildman–Crippen MR) is 118 cm³/mol. The number of aliphatic hydroxyl groups excluding tert-OH is 3. The van der Waals surface area contributed by atoms with Crippen LogP contribution >= 0.6 is 24.0 Å². The van der Waals surface area contributed by atoms with Gasteiger partial charge in [-0.3, -0.25) is 19.3 Å². The summed E-state index contributed by atoms with van der Waals surface area (Å²) in [5.41, 5.74) is 0.845. The normalized spacial score (nSPS) is 31.1. The molecule has 7 N–H and O–H groups in total. The van der Waals surface area contributed by atoms with Gasteiger partial charge in [-0.2, -0.15) is 0 Å². The Morgan fingerprint density at radius 2 is 1.82 bits per heavy atom. The number of primary amides is 1. The Kier molecular flexibility index (Phi) is 6.06. The van der Waals surface area contributed by atoms with E-state index >= 15 is 0 Å². The number of benzene rings is 1. The molecule has 0 spiro atoms. The third-order valence-electron chi connectivity index (χ3n) is 6.64. The maximum Gasteiger partial charge on any atom is 0.255 e. The smallest absolute Gasteiger partial charge is 0.255 e. The second-order valence-corrected chi connectivity index (χ2v) is 8.87. The second kappa shape index (κ2) is 8.00. The molecule has 1 saturated carbocycles. The van der Waals surface area contributed by atoms with Gasteiger partial charge in [0.05, 0.1) is 17.7 Å². The van der Waals surface area contributed by atoms with Crippen molar-refractivity contribution in [3.05, 3.63) is 45.2 Å². The van der Waals surface area contributed by atoms with Gasteiger partial charge in [-0.1, -0.05) is 11.6 Å². The summed E-state index contributed by atoms with van der Waals surface area (Å²) in [6.45, 7) is 0. The zero-order chi connectivity index (χ0) is 23.9. The van der Waals surface area contributed by atoms with Crippen LogP contribution in [0.4, 0.5) is 0 Å². The fourth-order valence-corrected chi connectivity index (χ4v) is 5.51. The lowest BCUT2D eigenvalue weighted by atomic mass is 9.57. The highest BCUT2D eigenvalue weighted by molar-refractivity contribution is 6.32. The molecule has 1 aromatic rings. The molecule has 4 unspecified atom stereocenters. The van der Waals surface area contributed by atoms with Gasteiger partial charge in [0.1, 0.15) is 22.8 Å². The average molecular weight is 501 g/mol. The molecule has 3 aliphatic carbocycles. The van der Waals surface area contributed by atoms with E-state index in [1.165, 1.54) is 31.1 Å². The largest absolute Gasteiger partial charge is 0.508 e. The third kappa shape index (κ3) is 3.09. The molecule has 0 heterocycles. The average Bonchev–Trinajstić information content (AvgIpc) is 2.69. The summed E-state index contributed by atoms with van der Waals surface area (Å²) in [6.07, 6.45) is -1.70. The number of nitrogens with zero attached hydrogens (tertiary/aromatic N) is 1. The number of hydrogen-bond acceptors (Lipinski definition) is 9. The van der Waals surface area contributed by atoms with Crippen LogP contribution in [0.25, 0.3) is 5.76 Å². The van der Waals surface area contributed by atoms with E-state index in [0.29, 0.717) is 0 Å². The highest BCUT2D eigenvalue weighted by atomic mass is 35.5. The number of aliphatic hydroxyl groups is 4. The van der Waals surface area contributed by atoms with Gasteiger partial charge in [0.25, 0.3) is 5.91 Å². The first-order chi connectivity index (χ1) is 14.8. The fourth-order valence-electron chi connectivity index (χ4n) is 5.24. The van der Waals surface area contributed by atoms with Crippen molar-refractivity contribution in [2.45, 2.75) is 24.2 Å². The van der Waals surface area contributed by atoms with E-state index in [2.05, 4.69) is 0 Å². The minimum atomic E-state index is -2.77. The van der Waals surface area contributed by atoms with Gasteiger partial charge < -0.3 is 31.3 Å². The van der Waals surface area contributed by atoms with Crippen LogP contribution in [0.5, 0.6) is 5.75 Å². The summed E-state index contributed by atoms with van der Waals surface area (Å²) >= 11 is 6.19. The Morgan fingerprint density at radius 1 is 1.21 bits per heavy atom. The Morgan fingerprint density at radius 3 is 2.36 bits per heavy atom. The summed E-state index contributed by atoms with van der Waals surface area (Å²) in [6, 6.07) is 1.25. The summed E-state index contributed by atoms with van der Waals surface area (Å²) < 4.78 is 0. The number of phenolic OH excluding ortho intramolecular Hbond substituents is 1. The number of hydrogen-bond donors (Lipinski definition) is 6. The van der Waals surface area contributed by atoms with Gasteiger partial charge >= 0.3 is 0 Å². The van der Waals surface area contributed by atoms with E-state index < -0.39 is 75.5 Å². The number of carbonyl (C=O) groups is 3. The molecule has 1 fully saturated rings. The molecular formula is C21H22Cl2N2O8. The van der Waals surface area contributed by atoms with Crippen LogP contribution in [0, 0.1) is 11.8 Å². The van der Waals surface area contributed by atoms with E-state index in [1.807, 2.05) is 0 Å². The van der Waals surface area contributed by atoms with E-state index in [0.717, 1.165) is 0 Å². The minimum absolute atomic E-state index is 0. The van der Waals surface area contributed by atoms with Crippen LogP contribution < -0.4 is 5.73 Å².